The van der Waals surface area contributed by atoms with Crippen molar-refractivity contribution in [1.82, 2.24) is 9.97 Å². The van der Waals surface area contributed by atoms with Crippen LogP contribution < -0.4 is 10.5 Å². The fourth-order valence-electron chi connectivity index (χ4n) is 1.30. The molecule has 1 heterocycles. The van der Waals surface area contributed by atoms with Gasteiger partial charge >= 0.3 is 0 Å². The van der Waals surface area contributed by atoms with E-state index in [0.29, 0.717) is 30.6 Å². The van der Waals surface area contributed by atoms with Gasteiger partial charge in [-0.2, -0.15) is 4.98 Å². The summed E-state index contributed by atoms with van der Waals surface area (Å²) >= 11 is 0. The Balaban J connectivity index is 2.02. The zero-order chi connectivity index (χ0) is 10.7. The van der Waals surface area contributed by atoms with E-state index < -0.39 is 0 Å². The van der Waals surface area contributed by atoms with Crippen molar-refractivity contribution in [1.29, 1.82) is 0 Å². The normalized spacial score (nSPS) is 15.3. The molecule has 0 unspecified atom stereocenters. The van der Waals surface area contributed by atoms with Crippen LogP contribution in [-0.4, -0.2) is 28.3 Å². The molecule has 0 spiro atoms. The minimum Gasteiger partial charge on any atom is -0.477 e. The van der Waals surface area contributed by atoms with E-state index in [4.69, 9.17) is 15.6 Å². The average molecular weight is 209 g/mol. The van der Waals surface area contributed by atoms with Gasteiger partial charge in [0.15, 0.2) is 0 Å². The van der Waals surface area contributed by atoms with Crippen LogP contribution in [0.3, 0.4) is 0 Å². The van der Waals surface area contributed by atoms with Crippen molar-refractivity contribution < 1.29 is 9.84 Å². The lowest BCUT2D eigenvalue weighted by Gasteiger charge is -2.06. The number of hydrogen-bond donors (Lipinski definition) is 2. The molecule has 1 aliphatic carbocycles. The Hall–Kier alpha value is -1.36. The summed E-state index contributed by atoms with van der Waals surface area (Å²) in [4.78, 5) is 8.43. The molecule has 1 aromatic heterocycles. The molecular formula is C10H15N3O2. The highest BCUT2D eigenvalue weighted by Gasteiger charge is 2.27. The predicted octanol–water partition coefficient (Wildman–Crippen LogP) is 0.697. The lowest BCUT2D eigenvalue weighted by Crippen LogP contribution is -2.05. The third kappa shape index (κ3) is 2.79. The van der Waals surface area contributed by atoms with Gasteiger partial charge in [-0.05, 0) is 12.8 Å². The number of anilines is 1. The Morgan fingerprint density at radius 3 is 2.93 bits per heavy atom. The predicted molar refractivity (Wildman–Crippen MR) is 55.6 cm³/mol. The Bertz CT molecular complexity index is 339. The van der Waals surface area contributed by atoms with Crippen LogP contribution >= 0.6 is 0 Å². The van der Waals surface area contributed by atoms with Crippen LogP contribution in [0, 0.1) is 0 Å². The average Bonchev–Trinajstić information content (AvgIpc) is 3.00. The van der Waals surface area contributed by atoms with Crippen molar-refractivity contribution >= 4 is 5.82 Å². The number of ether oxygens (including phenoxy) is 1. The van der Waals surface area contributed by atoms with Gasteiger partial charge in [-0.25, -0.2) is 4.98 Å². The number of aliphatic hydroxyl groups excluding tert-OH is 1. The molecule has 1 saturated carbocycles. The minimum atomic E-state index is 0.121. The summed E-state index contributed by atoms with van der Waals surface area (Å²) < 4.78 is 5.35. The fourth-order valence-corrected chi connectivity index (χ4v) is 1.30. The van der Waals surface area contributed by atoms with Gasteiger partial charge in [0.05, 0.1) is 6.61 Å². The molecule has 82 valence electrons. The molecule has 0 amide bonds. The fraction of sp³-hybridized carbons (Fsp3) is 0.600. The molecule has 0 saturated heterocycles. The molecule has 1 fully saturated rings. The van der Waals surface area contributed by atoms with Gasteiger partial charge < -0.3 is 15.6 Å². The molecule has 1 aliphatic rings. The molecule has 5 heteroatoms. The first kappa shape index (κ1) is 10.2. The van der Waals surface area contributed by atoms with Crippen LogP contribution in [0.4, 0.5) is 5.82 Å². The van der Waals surface area contributed by atoms with Gasteiger partial charge in [0, 0.05) is 25.0 Å². The summed E-state index contributed by atoms with van der Waals surface area (Å²) in [6.45, 7) is 0.576. The van der Waals surface area contributed by atoms with Gasteiger partial charge in [0.25, 0.3) is 0 Å². The van der Waals surface area contributed by atoms with E-state index in [1.807, 2.05) is 0 Å². The van der Waals surface area contributed by atoms with Gasteiger partial charge in [-0.15, -0.1) is 0 Å². The molecule has 0 radical (unpaired) electrons. The zero-order valence-electron chi connectivity index (χ0n) is 8.52. The molecule has 0 bridgehead atoms. The Morgan fingerprint density at radius 1 is 1.47 bits per heavy atom. The van der Waals surface area contributed by atoms with Gasteiger partial charge in [-0.1, -0.05) is 0 Å². The van der Waals surface area contributed by atoms with Crippen molar-refractivity contribution in [3.05, 3.63) is 11.9 Å². The number of nitrogens with zero attached hydrogens (tertiary/aromatic N) is 2. The lowest BCUT2D eigenvalue weighted by molar-refractivity contribution is 0.229. The van der Waals surface area contributed by atoms with Crippen LogP contribution in [0.25, 0.3) is 0 Å². The first-order valence-corrected chi connectivity index (χ1v) is 5.17. The van der Waals surface area contributed by atoms with E-state index in [9.17, 15) is 0 Å². The minimum absolute atomic E-state index is 0.121. The smallest absolute Gasteiger partial charge is 0.218 e. The van der Waals surface area contributed by atoms with Gasteiger partial charge in [0.1, 0.15) is 11.6 Å². The lowest BCUT2D eigenvalue weighted by atomic mass is 10.4. The number of nitrogen functional groups attached to an aromatic ring is 1. The highest BCUT2D eigenvalue weighted by Crippen LogP contribution is 2.38. The highest BCUT2D eigenvalue weighted by molar-refractivity contribution is 5.34. The number of rotatable bonds is 5. The molecule has 1 aromatic rings. The first-order valence-electron chi connectivity index (χ1n) is 5.17. The van der Waals surface area contributed by atoms with Crippen LogP contribution in [-0.2, 0) is 0 Å². The molecular weight excluding hydrogens is 194 g/mol. The van der Waals surface area contributed by atoms with E-state index in [1.54, 1.807) is 6.07 Å². The maximum atomic E-state index is 8.61. The topological polar surface area (TPSA) is 81.3 Å². The Kier molecular flexibility index (Phi) is 3.01. The third-order valence-corrected chi connectivity index (χ3v) is 2.23. The van der Waals surface area contributed by atoms with Crippen LogP contribution in [0.15, 0.2) is 6.07 Å². The molecule has 5 nitrogen and oxygen atoms in total. The third-order valence-electron chi connectivity index (χ3n) is 2.23. The standard InChI is InChI=1S/C10H15N3O2/c11-8-6-9(15-5-1-4-14)13-10(12-8)7-2-3-7/h6-7,14H,1-5H2,(H2,11,12,13). The largest absolute Gasteiger partial charge is 0.477 e. The number of nitrogens with two attached hydrogens (primary N) is 1. The zero-order valence-corrected chi connectivity index (χ0v) is 8.52. The van der Waals surface area contributed by atoms with Gasteiger partial charge in [-0.3, -0.25) is 0 Å². The number of aliphatic hydroxyl groups is 1. The maximum Gasteiger partial charge on any atom is 0.218 e. The first-order chi connectivity index (χ1) is 7.29. The summed E-state index contributed by atoms with van der Waals surface area (Å²) in [5, 5.41) is 8.61. The molecule has 0 aromatic carbocycles. The number of hydrogen-bond acceptors (Lipinski definition) is 5. The van der Waals surface area contributed by atoms with Crippen LogP contribution in [0.5, 0.6) is 5.88 Å². The molecule has 0 aliphatic heterocycles. The second kappa shape index (κ2) is 4.44. The summed E-state index contributed by atoms with van der Waals surface area (Å²) in [6, 6.07) is 1.61. The monoisotopic (exact) mass is 209 g/mol. The van der Waals surface area contributed by atoms with Crippen LogP contribution in [0.1, 0.15) is 31.0 Å². The second-order valence-corrected chi connectivity index (χ2v) is 3.69. The van der Waals surface area contributed by atoms with E-state index in [2.05, 4.69) is 9.97 Å². The summed E-state index contributed by atoms with van der Waals surface area (Å²) in [5.41, 5.74) is 5.65. The van der Waals surface area contributed by atoms with Crippen LogP contribution in [0.2, 0.25) is 0 Å². The Labute approximate surface area is 88.3 Å². The van der Waals surface area contributed by atoms with Crippen molar-refractivity contribution in [2.45, 2.75) is 25.2 Å². The van der Waals surface area contributed by atoms with E-state index >= 15 is 0 Å². The summed E-state index contributed by atoms with van der Waals surface area (Å²) in [7, 11) is 0. The number of aromatic nitrogens is 2. The maximum absolute atomic E-state index is 8.61. The van der Waals surface area contributed by atoms with E-state index in [0.717, 1.165) is 18.7 Å². The van der Waals surface area contributed by atoms with Crippen molar-refractivity contribution in [3.63, 3.8) is 0 Å². The van der Waals surface area contributed by atoms with Crippen molar-refractivity contribution in [2.75, 3.05) is 18.9 Å². The van der Waals surface area contributed by atoms with Crippen molar-refractivity contribution in [2.24, 2.45) is 0 Å². The SMILES string of the molecule is Nc1cc(OCCCO)nc(C2CC2)n1. The van der Waals surface area contributed by atoms with Crippen molar-refractivity contribution in [3.8, 4) is 5.88 Å². The molecule has 15 heavy (non-hydrogen) atoms. The molecule has 2 rings (SSSR count). The highest BCUT2D eigenvalue weighted by atomic mass is 16.5. The Morgan fingerprint density at radius 2 is 2.27 bits per heavy atom. The van der Waals surface area contributed by atoms with Gasteiger partial charge in [0.2, 0.25) is 5.88 Å². The second-order valence-electron chi connectivity index (χ2n) is 3.69. The van der Waals surface area contributed by atoms with E-state index in [1.165, 1.54) is 0 Å². The summed E-state index contributed by atoms with van der Waals surface area (Å²) in [6.07, 6.45) is 2.88. The summed E-state index contributed by atoms with van der Waals surface area (Å²) in [5.74, 6) is 2.21. The molecule has 0 atom stereocenters. The molecule has 3 N–H and O–H groups in total. The van der Waals surface area contributed by atoms with E-state index in [-0.39, 0.29) is 6.61 Å². The quantitative estimate of drug-likeness (QED) is 0.697.